The van der Waals surface area contributed by atoms with E-state index in [2.05, 4.69) is 27.7 Å². The van der Waals surface area contributed by atoms with Gasteiger partial charge in [0.05, 0.1) is 12.2 Å². The van der Waals surface area contributed by atoms with E-state index in [9.17, 15) is 15.0 Å². The third-order valence-electron chi connectivity index (χ3n) is 11.0. The Morgan fingerprint density at radius 3 is 2.33 bits per heavy atom. The molecule has 11 atom stereocenters. The smallest absolute Gasteiger partial charge is 0.303 e. The van der Waals surface area contributed by atoms with E-state index >= 15 is 0 Å². The number of carboxylic acid groups (broad SMARTS) is 1. The van der Waals surface area contributed by atoms with Crippen molar-refractivity contribution in [3.05, 3.63) is 0 Å². The Bertz CT molecular complexity index is 649. The monoisotopic (exact) mass is 420 g/mol. The van der Waals surface area contributed by atoms with Crippen molar-refractivity contribution >= 4 is 5.97 Å². The summed E-state index contributed by atoms with van der Waals surface area (Å²) in [5, 5.41) is 31.3. The first-order valence-electron chi connectivity index (χ1n) is 12.7. The van der Waals surface area contributed by atoms with Crippen LogP contribution in [0.2, 0.25) is 0 Å². The summed E-state index contributed by atoms with van der Waals surface area (Å²) in [6.45, 7) is 9.44. The summed E-state index contributed by atoms with van der Waals surface area (Å²) in [6.07, 6.45) is 9.27. The Labute approximate surface area is 182 Å². The van der Waals surface area contributed by atoms with Gasteiger partial charge in [-0.1, -0.05) is 34.1 Å². The highest BCUT2D eigenvalue weighted by atomic mass is 16.4. The Kier molecular flexibility index (Phi) is 6.07. The molecule has 0 aliphatic heterocycles. The molecule has 0 aromatic rings. The highest BCUT2D eigenvalue weighted by Gasteiger charge is 2.64. The van der Waals surface area contributed by atoms with Crippen molar-refractivity contribution in [2.75, 3.05) is 0 Å². The molecule has 0 bridgehead atoms. The summed E-state index contributed by atoms with van der Waals surface area (Å²) in [6, 6.07) is 0. The lowest BCUT2D eigenvalue weighted by Crippen LogP contribution is -2.62. The predicted molar refractivity (Wildman–Crippen MR) is 118 cm³/mol. The molecular formula is C26H44O4. The minimum atomic E-state index is -0.683. The molecule has 4 heteroatoms. The van der Waals surface area contributed by atoms with Gasteiger partial charge in [0.1, 0.15) is 0 Å². The SMILES string of the molecule is CC[C@H]1[C@H](O)C2[C@H](CC[C@]3(C)C([C@H](C)CCC(=O)O)CC[C@@H]23)[C@@]2(C)CC[C@@H](O)C[C@@H]12. The fourth-order valence-corrected chi connectivity index (χ4v) is 9.48. The first-order valence-corrected chi connectivity index (χ1v) is 12.7. The molecule has 0 amide bonds. The molecule has 2 unspecified atom stereocenters. The van der Waals surface area contributed by atoms with Gasteiger partial charge in [0.2, 0.25) is 0 Å². The van der Waals surface area contributed by atoms with Crippen molar-refractivity contribution in [3.63, 3.8) is 0 Å². The number of rotatable bonds is 5. The zero-order valence-electron chi connectivity index (χ0n) is 19.5. The van der Waals surface area contributed by atoms with E-state index in [1.807, 2.05) is 0 Å². The van der Waals surface area contributed by atoms with Gasteiger partial charge in [-0.15, -0.1) is 0 Å². The van der Waals surface area contributed by atoms with Gasteiger partial charge < -0.3 is 15.3 Å². The number of aliphatic hydroxyl groups excluding tert-OH is 2. The van der Waals surface area contributed by atoms with Crippen LogP contribution in [0.1, 0.15) is 91.9 Å². The predicted octanol–water partition coefficient (Wildman–Crippen LogP) is 5.11. The number of aliphatic hydroxyl groups is 2. The summed E-state index contributed by atoms with van der Waals surface area (Å²) < 4.78 is 0. The van der Waals surface area contributed by atoms with Gasteiger partial charge in [-0.05, 0) is 104 Å². The molecule has 30 heavy (non-hydrogen) atoms. The molecule has 0 aromatic carbocycles. The van der Waals surface area contributed by atoms with E-state index in [0.29, 0.717) is 41.4 Å². The van der Waals surface area contributed by atoms with Gasteiger partial charge in [0.15, 0.2) is 0 Å². The van der Waals surface area contributed by atoms with Crippen LogP contribution in [0.25, 0.3) is 0 Å². The Balaban J connectivity index is 1.61. The summed E-state index contributed by atoms with van der Waals surface area (Å²) in [5.41, 5.74) is 0.480. The van der Waals surface area contributed by atoms with E-state index in [4.69, 9.17) is 5.11 Å². The molecule has 4 fully saturated rings. The highest BCUT2D eigenvalue weighted by molar-refractivity contribution is 5.66. The quantitative estimate of drug-likeness (QED) is 0.577. The molecule has 3 N–H and O–H groups in total. The summed E-state index contributed by atoms with van der Waals surface area (Å²) >= 11 is 0. The standard InChI is InChI=1S/C26H44O4/c1-5-17-21-14-16(27)10-12-26(21,4)20-11-13-25(3)18(15(2)6-9-22(28)29)7-8-19(25)23(20)24(17)30/h15-21,23-24,27,30H,5-14H2,1-4H3,(H,28,29)/t15-,16-,17-,18?,19+,20+,21+,23?,24+,25-,26-/m1/s1. The van der Waals surface area contributed by atoms with Crippen LogP contribution in [0.3, 0.4) is 0 Å². The molecule has 172 valence electrons. The molecule has 0 heterocycles. The molecule has 0 saturated heterocycles. The van der Waals surface area contributed by atoms with Crippen molar-refractivity contribution in [2.24, 2.45) is 52.3 Å². The van der Waals surface area contributed by atoms with Gasteiger partial charge in [-0.3, -0.25) is 4.79 Å². The van der Waals surface area contributed by atoms with Crippen molar-refractivity contribution in [3.8, 4) is 0 Å². The van der Waals surface area contributed by atoms with E-state index < -0.39 is 5.97 Å². The first-order chi connectivity index (χ1) is 14.1. The lowest BCUT2D eigenvalue weighted by molar-refractivity contribution is -0.203. The van der Waals surface area contributed by atoms with Crippen LogP contribution in [0.15, 0.2) is 0 Å². The number of hydrogen-bond donors (Lipinski definition) is 3. The average Bonchev–Trinajstić information content (AvgIpc) is 3.05. The number of carbonyl (C=O) groups is 1. The molecule has 4 nitrogen and oxygen atoms in total. The van der Waals surface area contributed by atoms with Gasteiger partial charge in [-0.2, -0.15) is 0 Å². The van der Waals surface area contributed by atoms with Crippen molar-refractivity contribution in [1.29, 1.82) is 0 Å². The second kappa shape index (κ2) is 8.06. The van der Waals surface area contributed by atoms with Crippen LogP contribution in [0, 0.1) is 52.3 Å². The Morgan fingerprint density at radius 2 is 1.67 bits per heavy atom. The van der Waals surface area contributed by atoms with E-state index in [-0.39, 0.29) is 29.5 Å². The zero-order chi connectivity index (χ0) is 21.8. The molecule has 0 spiro atoms. The lowest BCUT2D eigenvalue weighted by Gasteiger charge is -2.64. The van der Waals surface area contributed by atoms with Crippen molar-refractivity contribution in [2.45, 2.75) is 104 Å². The third-order valence-corrected chi connectivity index (χ3v) is 11.0. The van der Waals surface area contributed by atoms with Gasteiger partial charge in [0, 0.05) is 6.42 Å². The van der Waals surface area contributed by atoms with Crippen LogP contribution in [0.5, 0.6) is 0 Å². The topological polar surface area (TPSA) is 77.8 Å². The van der Waals surface area contributed by atoms with E-state index in [1.54, 1.807) is 0 Å². The third kappa shape index (κ3) is 3.36. The zero-order valence-corrected chi connectivity index (χ0v) is 19.5. The lowest BCUT2D eigenvalue weighted by atomic mass is 9.41. The van der Waals surface area contributed by atoms with E-state index in [1.165, 1.54) is 25.7 Å². The second-order valence-electron chi connectivity index (χ2n) is 12.0. The minimum Gasteiger partial charge on any atom is -0.481 e. The van der Waals surface area contributed by atoms with Gasteiger partial charge in [-0.25, -0.2) is 0 Å². The number of aliphatic carboxylic acids is 1. The number of fused-ring (bicyclic) bond motifs is 5. The fraction of sp³-hybridized carbons (Fsp3) is 0.962. The molecule has 4 saturated carbocycles. The molecule has 0 radical (unpaired) electrons. The molecule has 0 aromatic heterocycles. The second-order valence-corrected chi connectivity index (χ2v) is 12.0. The van der Waals surface area contributed by atoms with Crippen LogP contribution in [0.4, 0.5) is 0 Å². The average molecular weight is 421 g/mol. The largest absolute Gasteiger partial charge is 0.481 e. The highest BCUT2D eigenvalue weighted by Crippen LogP contribution is 2.69. The van der Waals surface area contributed by atoms with Crippen molar-refractivity contribution < 1.29 is 20.1 Å². The van der Waals surface area contributed by atoms with Crippen LogP contribution in [-0.4, -0.2) is 33.5 Å². The maximum Gasteiger partial charge on any atom is 0.303 e. The first kappa shape index (κ1) is 22.6. The van der Waals surface area contributed by atoms with Crippen LogP contribution >= 0.6 is 0 Å². The summed E-state index contributed by atoms with van der Waals surface area (Å²) in [7, 11) is 0. The minimum absolute atomic E-state index is 0.194. The summed E-state index contributed by atoms with van der Waals surface area (Å²) in [5.74, 6) is 2.58. The van der Waals surface area contributed by atoms with E-state index in [0.717, 1.165) is 32.1 Å². The molecular weight excluding hydrogens is 376 g/mol. The maximum atomic E-state index is 11.7. The van der Waals surface area contributed by atoms with Crippen LogP contribution < -0.4 is 0 Å². The molecule has 4 rings (SSSR count). The Hall–Kier alpha value is -0.610. The van der Waals surface area contributed by atoms with Crippen molar-refractivity contribution in [1.82, 2.24) is 0 Å². The summed E-state index contributed by atoms with van der Waals surface area (Å²) in [4.78, 5) is 11.1. The Morgan fingerprint density at radius 1 is 1.00 bits per heavy atom. The fourth-order valence-electron chi connectivity index (χ4n) is 9.48. The molecule has 4 aliphatic carbocycles. The molecule has 4 aliphatic rings. The maximum absolute atomic E-state index is 11.7. The normalized spacial score (nSPS) is 51.5. The van der Waals surface area contributed by atoms with Gasteiger partial charge >= 0.3 is 5.97 Å². The number of hydrogen-bond acceptors (Lipinski definition) is 3. The van der Waals surface area contributed by atoms with Crippen LogP contribution in [-0.2, 0) is 4.79 Å². The van der Waals surface area contributed by atoms with Gasteiger partial charge in [0.25, 0.3) is 0 Å². The number of carboxylic acids is 1.